The van der Waals surface area contributed by atoms with Gasteiger partial charge in [-0.3, -0.25) is 19.8 Å². The highest BCUT2D eigenvalue weighted by atomic mass is 32.1. The van der Waals surface area contributed by atoms with E-state index in [4.69, 9.17) is 40.1 Å². The Morgan fingerprint density at radius 1 is 0.255 bits per heavy atom. The van der Waals surface area contributed by atoms with Crippen LogP contribution in [0.5, 0.6) is 0 Å². The van der Waals surface area contributed by atoms with Crippen molar-refractivity contribution in [2.75, 3.05) is 9.80 Å². The summed E-state index contributed by atoms with van der Waals surface area (Å²) in [5.74, 6) is 5.12. The number of nitrogens with zero attached hydrogens (tertiary/aromatic N) is 14. The second-order valence-electron chi connectivity index (χ2n) is 24.8. The smallest absolute Gasteiger partial charge is 0.182 e. The Morgan fingerprint density at radius 3 is 1.11 bits per heavy atom. The van der Waals surface area contributed by atoms with Crippen molar-refractivity contribution < 1.29 is 0 Å². The van der Waals surface area contributed by atoms with E-state index in [-0.39, 0.29) is 0 Å². The molecule has 7 aromatic carbocycles. The number of aromatic nitrogens is 12. The van der Waals surface area contributed by atoms with E-state index in [0.717, 1.165) is 84.6 Å². The Labute approximate surface area is 601 Å². The molecule has 18 heteroatoms. The SMILES string of the molecule is c1ccc(-c2nc(-c3ccc(-c4ccccn4)cc3)nc(-c3ccc(N4c5ccccc5C5(c6ccnnc64)c4ccsc4-c4sccc45)cc3)n2)cc1.c1ccc(-c2nc(-c3cccc(N4c5ccccc5C5(c6ccnnc64)c4ccsc4-c4sccc45)c3)nc(-c3ccccn3)n2)cc1. The quantitative estimate of drug-likeness (QED) is 0.134. The van der Waals surface area contributed by atoms with Gasteiger partial charge in [0.05, 0.1) is 40.3 Å². The topological polar surface area (TPSA) is 161 Å². The summed E-state index contributed by atoms with van der Waals surface area (Å²) in [6.45, 7) is 0. The fourth-order valence-corrected chi connectivity index (χ4v) is 19.4. The highest BCUT2D eigenvalue weighted by molar-refractivity contribution is 7.21. The lowest BCUT2D eigenvalue weighted by Gasteiger charge is -2.43. The first-order valence-electron chi connectivity index (χ1n) is 33.1. The van der Waals surface area contributed by atoms with E-state index in [2.05, 4.69) is 185 Å². The van der Waals surface area contributed by atoms with Gasteiger partial charge in [0.25, 0.3) is 0 Å². The van der Waals surface area contributed by atoms with Gasteiger partial charge in [0.2, 0.25) is 0 Å². The van der Waals surface area contributed by atoms with Crippen LogP contribution in [0.25, 0.3) is 99.2 Å². The van der Waals surface area contributed by atoms with Gasteiger partial charge in [-0.05, 0) is 164 Å². The van der Waals surface area contributed by atoms with Crippen molar-refractivity contribution >= 4 is 79.7 Å². The minimum atomic E-state index is -0.475. The van der Waals surface area contributed by atoms with Gasteiger partial charge in [-0.15, -0.1) is 55.5 Å². The van der Waals surface area contributed by atoms with E-state index in [1.165, 1.54) is 52.9 Å². The van der Waals surface area contributed by atoms with Crippen molar-refractivity contribution in [2.45, 2.75) is 10.8 Å². The molecule has 0 unspecified atom stereocenters. The van der Waals surface area contributed by atoms with Crippen molar-refractivity contribution in [1.82, 2.24) is 60.3 Å². The molecule has 0 saturated heterocycles. The monoisotopic (exact) mass is 1380 g/mol. The van der Waals surface area contributed by atoms with Crippen molar-refractivity contribution in [2.24, 2.45) is 0 Å². The van der Waals surface area contributed by atoms with Crippen molar-refractivity contribution in [3.05, 3.63) is 346 Å². The van der Waals surface area contributed by atoms with E-state index in [9.17, 15) is 0 Å². The number of pyridine rings is 2. The molecule has 2 aliphatic heterocycles. The van der Waals surface area contributed by atoms with Crippen LogP contribution >= 0.6 is 45.3 Å². The third-order valence-corrected chi connectivity index (χ3v) is 23.5. The van der Waals surface area contributed by atoms with Crippen LogP contribution in [0.1, 0.15) is 44.5 Å². The van der Waals surface area contributed by atoms with E-state index in [1.54, 1.807) is 12.4 Å². The molecule has 480 valence electrons. The summed E-state index contributed by atoms with van der Waals surface area (Å²) in [7, 11) is 0. The maximum absolute atomic E-state index is 5.02. The summed E-state index contributed by atoms with van der Waals surface area (Å²) < 4.78 is 0. The van der Waals surface area contributed by atoms with Gasteiger partial charge >= 0.3 is 0 Å². The molecule has 14 nitrogen and oxygen atoms in total. The third-order valence-electron chi connectivity index (χ3n) is 19.5. The normalized spacial score (nSPS) is 13.4. The average molecular weight is 1380 g/mol. The number of hydrogen-bond acceptors (Lipinski definition) is 18. The number of hydrogen-bond donors (Lipinski definition) is 0. The predicted molar refractivity (Wildman–Crippen MR) is 407 cm³/mol. The molecule has 0 amide bonds. The minimum Gasteiger partial charge on any atom is -0.293 e. The molecule has 0 saturated carbocycles. The van der Waals surface area contributed by atoms with Crippen LogP contribution in [-0.2, 0) is 10.8 Å². The summed E-state index contributed by atoms with van der Waals surface area (Å²) in [5, 5.41) is 27.4. The van der Waals surface area contributed by atoms with Crippen molar-refractivity contribution in [3.8, 4) is 99.2 Å². The molecule has 0 bridgehead atoms. The molecule has 102 heavy (non-hydrogen) atoms. The van der Waals surface area contributed by atoms with Gasteiger partial charge in [-0.25, -0.2) is 29.9 Å². The number of rotatable bonds is 9. The zero-order valence-corrected chi connectivity index (χ0v) is 57.0. The first-order valence-corrected chi connectivity index (χ1v) is 36.6. The van der Waals surface area contributed by atoms with E-state index in [0.29, 0.717) is 40.6 Å². The Hall–Kier alpha value is -12.6. The highest BCUT2D eigenvalue weighted by Crippen LogP contribution is 2.67. The summed E-state index contributed by atoms with van der Waals surface area (Å²) in [5.41, 5.74) is 20.2. The molecule has 0 radical (unpaired) electrons. The summed E-state index contributed by atoms with van der Waals surface area (Å²) in [6.07, 6.45) is 7.19. The molecule has 2 spiro atoms. The molecule has 0 N–H and O–H groups in total. The van der Waals surface area contributed by atoms with Crippen LogP contribution < -0.4 is 9.80 Å². The molecular weight excluding hydrogens is 1330 g/mol. The predicted octanol–water partition coefficient (Wildman–Crippen LogP) is 20.3. The third kappa shape index (κ3) is 9.27. The maximum atomic E-state index is 5.02. The Morgan fingerprint density at radius 2 is 0.637 bits per heavy atom. The fourth-order valence-electron chi connectivity index (χ4n) is 15.2. The molecule has 17 aromatic rings. The Kier molecular flexibility index (Phi) is 14.1. The van der Waals surface area contributed by atoms with E-state index >= 15 is 0 Å². The number of anilines is 6. The van der Waals surface area contributed by atoms with Crippen LogP contribution in [0.2, 0.25) is 0 Å². The first kappa shape index (κ1) is 59.5. The summed E-state index contributed by atoms with van der Waals surface area (Å²) >= 11 is 7.25. The zero-order chi connectivity index (χ0) is 67.3. The largest absolute Gasteiger partial charge is 0.293 e. The molecule has 0 atom stereocenters. The van der Waals surface area contributed by atoms with Gasteiger partial charge in [0.1, 0.15) is 5.69 Å². The van der Waals surface area contributed by atoms with Crippen LogP contribution in [0.15, 0.2) is 301 Å². The van der Waals surface area contributed by atoms with Crippen LogP contribution in [0.4, 0.5) is 34.4 Å². The van der Waals surface area contributed by atoms with Gasteiger partial charge in [0, 0.05) is 87.8 Å². The Bertz CT molecular complexity index is 5830. The van der Waals surface area contributed by atoms with Crippen LogP contribution in [0, 0.1) is 0 Å². The minimum absolute atomic E-state index is 0.464. The Balaban J connectivity index is 0.000000138. The lowest BCUT2D eigenvalue weighted by atomic mass is 9.66. The standard InChI is InChI=1S/C45H27N7S2.C39H23N7S2/c1-2-8-29(9-3-1)41-48-42(30-15-13-28(14-16-30)37-11-6-7-24-46-37)50-43(49-41)31-17-19-32(20-18-31)52-38-12-5-4-10-33(38)45(36-21-25-47-51-44(36)52)34-22-26-53-39(34)40-35(45)23-27-54-40;1-2-9-24(10-3-1)35-42-36(44-37(43-35)31-14-6-7-19-40-31)25-11-8-12-26(23-25)46-32-15-5-4-13-27(32)39(30-16-20-41-45-38(30)46)28-17-21-47-33(28)34-29(39)18-22-48-34/h1-27H;1-23H. The lowest BCUT2D eigenvalue weighted by molar-refractivity contribution is 0.738. The van der Waals surface area contributed by atoms with Gasteiger partial charge < -0.3 is 0 Å². The van der Waals surface area contributed by atoms with Crippen molar-refractivity contribution in [1.29, 1.82) is 0 Å². The van der Waals surface area contributed by atoms with Crippen LogP contribution in [0.3, 0.4) is 0 Å². The lowest BCUT2D eigenvalue weighted by Crippen LogP contribution is -2.36. The highest BCUT2D eigenvalue weighted by Gasteiger charge is 2.55. The van der Waals surface area contributed by atoms with Gasteiger partial charge in [0.15, 0.2) is 46.6 Å². The molecule has 4 aliphatic rings. The number of thiophene rings is 4. The average Bonchev–Trinajstić information content (AvgIpc) is 1.48. The summed E-state index contributed by atoms with van der Waals surface area (Å²) in [6, 6.07) is 87.5. The van der Waals surface area contributed by atoms with E-state index in [1.807, 2.05) is 179 Å². The summed E-state index contributed by atoms with van der Waals surface area (Å²) in [4.78, 5) is 48.6. The molecular formula is C84H50N14S4. The molecule has 10 aromatic heterocycles. The molecule has 12 heterocycles. The fraction of sp³-hybridized carbons (Fsp3) is 0.0238. The van der Waals surface area contributed by atoms with E-state index < -0.39 is 10.8 Å². The number of para-hydroxylation sites is 2. The van der Waals surface area contributed by atoms with Crippen LogP contribution in [-0.4, -0.2) is 60.3 Å². The molecule has 0 fully saturated rings. The second kappa shape index (κ2) is 24.1. The molecule has 21 rings (SSSR count). The maximum Gasteiger partial charge on any atom is 0.182 e. The van der Waals surface area contributed by atoms with Gasteiger partial charge in [-0.1, -0.05) is 146 Å². The first-order chi connectivity index (χ1) is 50.6. The molecule has 2 aliphatic carbocycles. The van der Waals surface area contributed by atoms with Crippen molar-refractivity contribution in [3.63, 3.8) is 0 Å². The zero-order valence-electron chi connectivity index (χ0n) is 53.8. The number of fused-ring (bicyclic) bond motifs is 18. The number of benzene rings is 7. The van der Waals surface area contributed by atoms with Gasteiger partial charge in [-0.2, -0.15) is 10.2 Å². The second-order valence-corrected chi connectivity index (χ2v) is 28.5.